The van der Waals surface area contributed by atoms with Gasteiger partial charge in [-0.1, -0.05) is 50.2 Å². The highest BCUT2D eigenvalue weighted by Crippen LogP contribution is 2.46. The number of rotatable bonds is 7. The molecule has 0 bridgehead atoms. The largest absolute Gasteiger partial charge is 0.416 e. The normalized spacial score (nSPS) is 14.6. The van der Waals surface area contributed by atoms with Crippen LogP contribution in [0.1, 0.15) is 66.8 Å². The summed E-state index contributed by atoms with van der Waals surface area (Å²) >= 11 is 0. The van der Waals surface area contributed by atoms with Crippen molar-refractivity contribution in [2.45, 2.75) is 72.3 Å². The van der Waals surface area contributed by atoms with Gasteiger partial charge < -0.3 is 11.1 Å². The van der Waals surface area contributed by atoms with E-state index in [0.29, 0.717) is 23.4 Å². The highest BCUT2D eigenvalue weighted by atomic mass is 19.4. The molecule has 6 nitrogen and oxygen atoms in total. The van der Waals surface area contributed by atoms with Crippen molar-refractivity contribution in [3.8, 4) is 16.9 Å². The predicted molar refractivity (Wildman–Crippen MR) is 159 cm³/mol. The lowest BCUT2D eigenvalue weighted by atomic mass is 9.96. The number of amides is 2. The van der Waals surface area contributed by atoms with Gasteiger partial charge in [-0.25, -0.2) is 13.9 Å². The first-order valence-corrected chi connectivity index (χ1v) is 14.3. The Morgan fingerprint density at radius 3 is 2.26 bits per heavy atom. The van der Waals surface area contributed by atoms with Crippen LogP contribution in [0, 0.1) is 12.7 Å². The van der Waals surface area contributed by atoms with E-state index in [0.717, 1.165) is 47.0 Å². The Labute approximate surface area is 248 Å². The molecular weight excluding hydrogens is 558 g/mol. The van der Waals surface area contributed by atoms with Crippen LogP contribution < -0.4 is 11.1 Å². The minimum absolute atomic E-state index is 0.0367. The van der Waals surface area contributed by atoms with Crippen molar-refractivity contribution in [3.05, 3.63) is 99.5 Å². The number of carbonyl (C=O) groups is 1. The Hall–Kier alpha value is -4.18. The van der Waals surface area contributed by atoms with E-state index in [1.807, 2.05) is 48.6 Å². The Balaban J connectivity index is 1.72. The van der Waals surface area contributed by atoms with Crippen molar-refractivity contribution in [3.63, 3.8) is 0 Å². The number of benzene rings is 3. The Kier molecular flexibility index (Phi) is 7.85. The third-order valence-electron chi connectivity index (χ3n) is 8.39. The molecule has 3 aromatic carbocycles. The lowest BCUT2D eigenvalue weighted by Crippen LogP contribution is -2.36. The fourth-order valence-corrected chi connectivity index (χ4v) is 6.11. The molecule has 0 atom stereocenters. The summed E-state index contributed by atoms with van der Waals surface area (Å²) in [4.78, 5) is 13.5. The number of aromatic nitrogens is 2. The number of nitrogens with zero attached hydrogens (tertiary/aromatic N) is 3. The number of primary amides is 1. The minimum atomic E-state index is -4.48. The summed E-state index contributed by atoms with van der Waals surface area (Å²) in [7, 11) is 0. The lowest BCUT2D eigenvalue weighted by Gasteiger charge is -2.32. The first-order valence-electron chi connectivity index (χ1n) is 14.3. The van der Waals surface area contributed by atoms with Gasteiger partial charge in [0.05, 0.1) is 33.9 Å². The summed E-state index contributed by atoms with van der Waals surface area (Å²) in [6, 6.07) is 13.7. The van der Waals surface area contributed by atoms with E-state index < -0.39 is 29.1 Å². The van der Waals surface area contributed by atoms with E-state index in [4.69, 9.17) is 10.8 Å². The van der Waals surface area contributed by atoms with Crippen molar-refractivity contribution in [2.75, 3.05) is 5.32 Å². The van der Waals surface area contributed by atoms with Crippen molar-refractivity contribution in [1.82, 2.24) is 14.7 Å². The topological polar surface area (TPSA) is 76.2 Å². The van der Waals surface area contributed by atoms with Crippen LogP contribution >= 0.6 is 0 Å². The zero-order valence-corrected chi connectivity index (χ0v) is 24.9. The van der Waals surface area contributed by atoms with E-state index in [9.17, 15) is 18.0 Å². The quantitative estimate of drug-likeness (QED) is 0.214. The van der Waals surface area contributed by atoms with Crippen LogP contribution in [0.3, 0.4) is 0 Å². The number of fused-ring (bicyclic) bond motifs is 1. The van der Waals surface area contributed by atoms with Gasteiger partial charge in [-0.2, -0.15) is 18.3 Å². The van der Waals surface area contributed by atoms with E-state index in [1.165, 1.54) is 24.3 Å². The summed E-state index contributed by atoms with van der Waals surface area (Å²) in [5.41, 5.74) is 10.5. The average molecular weight is 594 g/mol. The molecule has 1 aliphatic rings. The van der Waals surface area contributed by atoms with Gasteiger partial charge in [0.25, 0.3) is 0 Å². The Bertz CT molecular complexity index is 1680. The molecule has 2 heterocycles. The highest BCUT2D eigenvalue weighted by Gasteiger charge is 2.44. The van der Waals surface area contributed by atoms with Crippen LogP contribution in [0.25, 0.3) is 16.9 Å². The van der Waals surface area contributed by atoms with Crippen LogP contribution in [0.2, 0.25) is 0 Å². The lowest BCUT2D eigenvalue weighted by molar-refractivity contribution is -0.138. The van der Waals surface area contributed by atoms with Crippen LogP contribution in [-0.4, -0.2) is 20.7 Å². The second kappa shape index (κ2) is 11.1. The number of nitrogens with two attached hydrogens (primary N) is 1. The second-order valence-electron chi connectivity index (χ2n) is 11.4. The second-order valence-corrected chi connectivity index (χ2v) is 11.4. The summed E-state index contributed by atoms with van der Waals surface area (Å²) in [5, 5.41) is 7.48. The van der Waals surface area contributed by atoms with Crippen molar-refractivity contribution >= 4 is 11.7 Å². The zero-order chi connectivity index (χ0) is 31.3. The van der Waals surface area contributed by atoms with E-state index >= 15 is 4.39 Å². The van der Waals surface area contributed by atoms with Crippen LogP contribution in [0.15, 0.2) is 54.6 Å². The molecule has 43 heavy (non-hydrogen) atoms. The zero-order valence-electron chi connectivity index (χ0n) is 24.9. The summed E-state index contributed by atoms with van der Waals surface area (Å²) in [5.74, 6) is -0.659. The first kappa shape index (κ1) is 30.3. The van der Waals surface area contributed by atoms with E-state index in [2.05, 4.69) is 19.2 Å². The molecule has 0 aliphatic carbocycles. The smallest absolute Gasteiger partial charge is 0.351 e. The fourth-order valence-electron chi connectivity index (χ4n) is 6.11. The molecule has 10 heteroatoms. The summed E-state index contributed by atoms with van der Waals surface area (Å²) < 4.78 is 58.9. The molecule has 4 aromatic rings. The summed E-state index contributed by atoms with van der Waals surface area (Å²) in [6.45, 7) is 10.2. The van der Waals surface area contributed by atoms with Gasteiger partial charge in [0.2, 0.25) is 0 Å². The van der Waals surface area contributed by atoms with Crippen molar-refractivity contribution in [1.29, 1.82) is 0 Å². The Morgan fingerprint density at radius 1 is 1.02 bits per heavy atom. The molecule has 0 radical (unpaired) electrons. The number of halogens is 4. The third-order valence-corrected chi connectivity index (χ3v) is 8.39. The van der Waals surface area contributed by atoms with Crippen molar-refractivity contribution in [2.24, 2.45) is 5.73 Å². The number of aryl methyl sites for hydroxylation is 3. The molecule has 0 saturated heterocycles. The maximum atomic E-state index is 15.4. The van der Waals surface area contributed by atoms with Gasteiger partial charge >= 0.3 is 12.2 Å². The van der Waals surface area contributed by atoms with Gasteiger partial charge in [-0.3, -0.25) is 4.90 Å². The average Bonchev–Trinajstić information content (AvgIpc) is 3.43. The van der Waals surface area contributed by atoms with Crippen LogP contribution in [0.5, 0.6) is 0 Å². The molecule has 0 fully saturated rings. The number of hydrogen-bond donors (Lipinski definition) is 2. The van der Waals surface area contributed by atoms with Gasteiger partial charge in [0.15, 0.2) is 0 Å². The molecule has 0 unspecified atom stereocenters. The maximum absolute atomic E-state index is 15.4. The number of anilines is 1. The molecule has 3 N–H and O–H groups in total. The molecule has 1 aromatic heterocycles. The van der Waals surface area contributed by atoms with Crippen LogP contribution in [0.4, 0.5) is 28.0 Å². The number of para-hydroxylation sites is 1. The molecule has 0 spiro atoms. The van der Waals surface area contributed by atoms with Gasteiger partial charge in [0, 0.05) is 24.2 Å². The van der Waals surface area contributed by atoms with E-state index in [1.54, 1.807) is 6.07 Å². The Morgan fingerprint density at radius 2 is 1.65 bits per heavy atom. The summed E-state index contributed by atoms with van der Waals surface area (Å²) in [6.07, 6.45) is -3.00. The predicted octanol–water partition coefficient (Wildman–Crippen LogP) is 7.87. The SMILES string of the molecule is CCc1cccc(CC)c1-n1nc2c(c1-c1cc(F)c(NC(N)=O)cc1C)CN(Cc1ccccc1C(F)(F)F)C2(C)C. The highest BCUT2D eigenvalue weighted by molar-refractivity contribution is 5.89. The van der Waals surface area contributed by atoms with Gasteiger partial charge in [0.1, 0.15) is 5.82 Å². The van der Waals surface area contributed by atoms with Gasteiger partial charge in [-0.15, -0.1) is 0 Å². The van der Waals surface area contributed by atoms with Crippen molar-refractivity contribution < 1.29 is 22.4 Å². The molecule has 5 rings (SSSR count). The fraction of sp³-hybridized carbons (Fsp3) is 0.333. The van der Waals surface area contributed by atoms with E-state index in [-0.39, 0.29) is 17.8 Å². The number of alkyl halides is 3. The van der Waals surface area contributed by atoms with Crippen LogP contribution in [-0.2, 0) is 37.6 Å². The van der Waals surface area contributed by atoms with Gasteiger partial charge in [-0.05, 0) is 74.1 Å². The molecule has 0 saturated carbocycles. The molecule has 2 amide bonds. The number of urea groups is 1. The minimum Gasteiger partial charge on any atom is -0.351 e. The number of hydrogen-bond acceptors (Lipinski definition) is 3. The number of carbonyl (C=O) groups excluding carboxylic acids is 1. The standard InChI is InChI=1S/C33H35F4N5O/c1-6-20-12-10-13-21(7-2)28(20)42-29(23-16-26(34)27(15-19(23)3)39-31(38)43)24-18-41(32(4,5)30(24)40-42)17-22-11-8-9-14-25(22)33(35,36)37/h8-16H,6-7,17-18H2,1-5H3,(H3,38,39,43). The molecular formula is C33H35F4N5O. The third kappa shape index (κ3) is 5.40. The maximum Gasteiger partial charge on any atom is 0.416 e. The molecule has 226 valence electrons. The molecule has 1 aliphatic heterocycles. The number of nitrogens with one attached hydrogen (secondary N) is 1. The monoisotopic (exact) mass is 593 g/mol. The first-order chi connectivity index (χ1) is 20.3.